The molecule has 3 nitrogen and oxygen atoms in total. The van der Waals surface area contributed by atoms with E-state index in [-0.39, 0.29) is 11.7 Å². The Kier molecular flexibility index (Phi) is 4.41. The van der Waals surface area contributed by atoms with Gasteiger partial charge in [0, 0.05) is 5.69 Å². The van der Waals surface area contributed by atoms with Crippen LogP contribution in [0.25, 0.3) is 0 Å². The lowest BCUT2D eigenvalue weighted by atomic mass is 10.0. The van der Waals surface area contributed by atoms with E-state index in [9.17, 15) is 9.90 Å². The highest BCUT2D eigenvalue weighted by Gasteiger charge is 2.14. The molecule has 2 N–H and O–H groups in total. The van der Waals surface area contributed by atoms with Crippen molar-refractivity contribution in [1.29, 1.82) is 0 Å². The van der Waals surface area contributed by atoms with Crippen LogP contribution in [-0.2, 0) is 12.8 Å². The molecular weight excluding hydrogens is 250 g/mol. The Morgan fingerprint density at radius 2 is 1.60 bits per heavy atom. The zero-order chi connectivity index (χ0) is 14.5. The topological polar surface area (TPSA) is 49.3 Å². The number of aromatic hydroxyl groups is 1. The second kappa shape index (κ2) is 6.24. The number of hydrogen-bond donors (Lipinski definition) is 2. The van der Waals surface area contributed by atoms with E-state index in [1.807, 2.05) is 18.2 Å². The summed E-state index contributed by atoms with van der Waals surface area (Å²) in [6.07, 6.45) is 1.70. The van der Waals surface area contributed by atoms with E-state index in [1.165, 1.54) is 6.07 Å². The van der Waals surface area contributed by atoms with Crippen LogP contribution in [0.5, 0.6) is 5.75 Å². The number of benzene rings is 2. The van der Waals surface area contributed by atoms with Crippen LogP contribution in [0, 0.1) is 0 Å². The summed E-state index contributed by atoms with van der Waals surface area (Å²) in [4.78, 5) is 12.3. The van der Waals surface area contributed by atoms with Gasteiger partial charge in [-0.3, -0.25) is 4.79 Å². The highest BCUT2D eigenvalue weighted by Crippen LogP contribution is 2.24. The molecule has 0 aliphatic heterocycles. The molecule has 0 saturated heterocycles. The van der Waals surface area contributed by atoms with Crippen LogP contribution in [0.3, 0.4) is 0 Å². The van der Waals surface area contributed by atoms with Crippen LogP contribution in [0.1, 0.15) is 35.3 Å². The molecule has 0 saturated carbocycles. The average molecular weight is 269 g/mol. The summed E-state index contributed by atoms with van der Waals surface area (Å²) in [6.45, 7) is 4.12. The van der Waals surface area contributed by atoms with Crippen LogP contribution in [0.2, 0.25) is 0 Å². The van der Waals surface area contributed by atoms with Crippen LogP contribution < -0.4 is 5.32 Å². The first kappa shape index (κ1) is 14.1. The predicted molar refractivity (Wildman–Crippen MR) is 81.3 cm³/mol. The predicted octanol–water partition coefficient (Wildman–Crippen LogP) is 3.77. The van der Waals surface area contributed by atoms with Gasteiger partial charge in [-0.05, 0) is 36.1 Å². The molecule has 2 rings (SSSR count). The molecule has 0 spiro atoms. The lowest BCUT2D eigenvalue weighted by Crippen LogP contribution is -2.15. The zero-order valence-corrected chi connectivity index (χ0v) is 11.8. The molecule has 0 radical (unpaired) electrons. The van der Waals surface area contributed by atoms with Crippen molar-refractivity contribution < 1.29 is 9.90 Å². The fraction of sp³-hybridized carbons (Fsp3) is 0.235. The first-order valence-corrected chi connectivity index (χ1v) is 6.87. The largest absolute Gasteiger partial charge is 0.507 e. The van der Waals surface area contributed by atoms with Crippen molar-refractivity contribution in [2.45, 2.75) is 26.7 Å². The highest BCUT2D eigenvalue weighted by atomic mass is 16.3. The molecule has 0 aliphatic rings. The smallest absolute Gasteiger partial charge is 0.259 e. The summed E-state index contributed by atoms with van der Waals surface area (Å²) < 4.78 is 0. The van der Waals surface area contributed by atoms with Gasteiger partial charge in [0.1, 0.15) is 5.75 Å². The number of hydrogen-bond acceptors (Lipinski definition) is 2. The molecular formula is C17H19NO2. The minimum atomic E-state index is -0.279. The van der Waals surface area contributed by atoms with Gasteiger partial charge in [0.25, 0.3) is 5.91 Å². The van der Waals surface area contributed by atoms with E-state index in [4.69, 9.17) is 0 Å². The molecule has 0 atom stereocenters. The van der Waals surface area contributed by atoms with Crippen molar-refractivity contribution >= 4 is 11.6 Å². The molecule has 0 aliphatic carbocycles. The normalized spacial score (nSPS) is 10.3. The van der Waals surface area contributed by atoms with Crippen molar-refractivity contribution in [3.8, 4) is 5.75 Å². The van der Waals surface area contributed by atoms with Gasteiger partial charge in [0.15, 0.2) is 0 Å². The number of carbonyl (C=O) groups is 1. The van der Waals surface area contributed by atoms with Crippen molar-refractivity contribution in [3.05, 3.63) is 59.2 Å². The third-order valence-corrected chi connectivity index (χ3v) is 3.39. The maximum absolute atomic E-state index is 12.3. The lowest BCUT2D eigenvalue weighted by Gasteiger charge is -2.14. The van der Waals surface area contributed by atoms with Gasteiger partial charge in [-0.15, -0.1) is 0 Å². The second-order valence-electron chi connectivity index (χ2n) is 4.63. The number of amides is 1. The van der Waals surface area contributed by atoms with Gasteiger partial charge in [0.05, 0.1) is 5.56 Å². The van der Waals surface area contributed by atoms with Crippen LogP contribution >= 0.6 is 0 Å². The van der Waals surface area contributed by atoms with Crippen LogP contribution in [-0.4, -0.2) is 11.0 Å². The first-order valence-electron chi connectivity index (χ1n) is 6.87. The van der Waals surface area contributed by atoms with Gasteiger partial charge in [0.2, 0.25) is 0 Å². The highest BCUT2D eigenvalue weighted by molar-refractivity contribution is 6.06. The standard InChI is InChI=1S/C17H19NO2/c1-3-12-8-7-9-13(4-2)16(12)18-17(20)14-10-5-6-11-15(14)19/h5-11,19H,3-4H2,1-2H3,(H,18,20). The van der Waals surface area contributed by atoms with E-state index in [1.54, 1.807) is 18.2 Å². The molecule has 2 aromatic rings. The van der Waals surface area contributed by atoms with E-state index in [0.29, 0.717) is 5.56 Å². The summed E-state index contributed by atoms with van der Waals surface area (Å²) in [5.41, 5.74) is 3.37. The first-order chi connectivity index (χ1) is 9.67. The number of phenols is 1. The molecule has 20 heavy (non-hydrogen) atoms. The molecule has 0 fully saturated rings. The summed E-state index contributed by atoms with van der Waals surface area (Å²) in [5, 5.41) is 12.7. The van der Waals surface area contributed by atoms with Crippen molar-refractivity contribution in [2.75, 3.05) is 5.32 Å². The number of aryl methyl sites for hydroxylation is 2. The SMILES string of the molecule is CCc1cccc(CC)c1NC(=O)c1ccccc1O. The Morgan fingerprint density at radius 3 is 2.15 bits per heavy atom. The summed E-state index contributed by atoms with van der Waals surface area (Å²) in [7, 11) is 0. The Morgan fingerprint density at radius 1 is 1.00 bits per heavy atom. The van der Waals surface area contributed by atoms with Crippen molar-refractivity contribution in [3.63, 3.8) is 0 Å². The number of rotatable bonds is 4. The van der Waals surface area contributed by atoms with E-state index in [0.717, 1.165) is 29.7 Å². The minimum Gasteiger partial charge on any atom is -0.507 e. The number of anilines is 1. The Labute approximate surface area is 119 Å². The monoisotopic (exact) mass is 269 g/mol. The number of phenolic OH excluding ortho intramolecular Hbond substituents is 1. The van der Waals surface area contributed by atoms with Gasteiger partial charge in [-0.2, -0.15) is 0 Å². The number of nitrogens with one attached hydrogen (secondary N) is 1. The molecule has 0 unspecified atom stereocenters. The summed E-state index contributed by atoms with van der Waals surface area (Å²) in [5.74, 6) is -0.282. The maximum atomic E-state index is 12.3. The average Bonchev–Trinajstić information content (AvgIpc) is 2.47. The summed E-state index contributed by atoms with van der Waals surface area (Å²) in [6, 6.07) is 12.6. The molecule has 2 aromatic carbocycles. The zero-order valence-electron chi connectivity index (χ0n) is 11.8. The van der Waals surface area contributed by atoms with Crippen molar-refractivity contribution in [1.82, 2.24) is 0 Å². The molecule has 0 aromatic heterocycles. The maximum Gasteiger partial charge on any atom is 0.259 e. The summed E-state index contributed by atoms with van der Waals surface area (Å²) >= 11 is 0. The third kappa shape index (κ3) is 2.82. The number of carbonyl (C=O) groups excluding carboxylic acids is 1. The van der Waals surface area contributed by atoms with Crippen LogP contribution in [0.15, 0.2) is 42.5 Å². The fourth-order valence-corrected chi connectivity index (χ4v) is 2.25. The minimum absolute atomic E-state index is 0.00275. The lowest BCUT2D eigenvalue weighted by molar-refractivity contribution is 0.102. The quantitative estimate of drug-likeness (QED) is 0.887. The Hall–Kier alpha value is -2.29. The molecule has 0 bridgehead atoms. The van der Waals surface area contributed by atoms with E-state index < -0.39 is 0 Å². The van der Waals surface area contributed by atoms with E-state index in [2.05, 4.69) is 19.2 Å². The second-order valence-corrected chi connectivity index (χ2v) is 4.63. The molecule has 0 heterocycles. The molecule has 104 valence electrons. The molecule has 1 amide bonds. The Balaban J connectivity index is 2.35. The fourth-order valence-electron chi connectivity index (χ4n) is 2.25. The molecule has 3 heteroatoms. The number of para-hydroxylation sites is 2. The Bertz CT molecular complexity index is 598. The van der Waals surface area contributed by atoms with E-state index >= 15 is 0 Å². The van der Waals surface area contributed by atoms with Crippen LogP contribution in [0.4, 0.5) is 5.69 Å². The van der Waals surface area contributed by atoms with Gasteiger partial charge >= 0.3 is 0 Å². The van der Waals surface area contributed by atoms with Gasteiger partial charge in [-0.1, -0.05) is 44.2 Å². The third-order valence-electron chi connectivity index (χ3n) is 3.39. The van der Waals surface area contributed by atoms with Crippen molar-refractivity contribution in [2.24, 2.45) is 0 Å². The van der Waals surface area contributed by atoms with Gasteiger partial charge in [-0.25, -0.2) is 0 Å². The van der Waals surface area contributed by atoms with Gasteiger partial charge < -0.3 is 10.4 Å².